The summed E-state index contributed by atoms with van der Waals surface area (Å²) >= 11 is 0. The minimum Gasteiger partial charge on any atom is -0.343 e. The molecule has 4 nitrogen and oxygen atoms in total. The Hall–Kier alpha value is -2.17. The molecule has 1 fully saturated rings. The van der Waals surface area contributed by atoms with Gasteiger partial charge in [-0.3, -0.25) is 4.79 Å². The number of hydrogen-bond donors (Lipinski definition) is 0. The monoisotopic (exact) mass is 315 g/mol. The van der Waals surface area contributed by atoms with Gasteiger partial charge in [0.2, 0.25) is 5.91 Å². The van der Waals surface area contributed by atoms with Gasteiger partial charge in [0.05, 0.1) is 11.9 Å². The smallest absolute Gasteiger partial charge is 0.222 e. The molecular formula is C18H22FN3O. The van der Waals surface area contributed by atoms with Crippen molar-refractivity contribution in [2.75, 3.05) is 13.1 Å². The van der Waals surface area contributed by atoms with Crippen LogP contribution in [0.3, 0.4) is 0 Å². The first-order chi connectivity index (χ1) is 11.2. The molecule has 0 N–H and O–H groups in total. The molecule has 0 atom stereocenters. The van der Waals surface area contributed by atoms with Crippen LogP contribution in [-0.2, 0) is 4.79 Å². The highest BCUT2D eigenvalue weighted by Gasteiger charge is 2.24. The standard InChI is InChI=1S/C18H22FN3O/c1-2-3-18(23)21-10-8-14(9-11-21)15-12-20-22(13-15)17-6-4-16(19)5-7-17/h4-7,12-14H,2-3,8-11H2,1H3. The number of amides is 1. The predicted molar refractivity (Wildman–Crippen MR) is 87.0 cm³/mol. The van der Waals surface area contributed by atoms with Crippen molar-refractivity contribution < 1.29 is 9.18 Å². The second kappa shape index (κ2) is 6.94. The highest BCUT2D eigenvalue weighted by atomic mass is 19.1. The zero-order chi connectivity index (χ0) is 16.2. The van der Waals surface area contributed by atoms with E-state index < -0.39 is 0 Å². The van der Waals surface area contributed by atoms with Crippen molar-refractivity contribution in [3.63, 3.8) is 0 Å². The van der Waals surface area contributed by atoms with E-state index in [4.69, 9.17) is 0 Å². The summed E-state index contributed by atoms with van der Waals surface area (Å²) in [7, 11) is 0. The third kappa shape index (κ3) is 3.60. The van der Waals surface area contributed by atoms with Crippen LogP contribution < -0.4 is 0 Å². The second-order valence-corrected chi connectivity index (χ2v) is 6.10. The van der Waals surface area contributed by atoms with Gasteiger partial charge in [0.1, 0.15) is 5.82 Å². The van der Waals surface area contributed by atoms with Crippen LogP contribution in [0.1, 0.15) is 44.1 Å². The van der Waals surface area contributed by atoms with Crippen LogP contribution in [0, 0.1) is 5.82 Å². The lowest BCUT2D eigenvalue weighted by molar-refractivity contribution is -0.132. The summed E-state index contributed by atoms with van der Waals surface area (Å²) in [5.74, 6) is 0.466. The molecule has 0 spiro atoms. The average Bonchev–Trinajstić information content (AvgIpc) is 3.06. The molecule has 122 valence electrons. The number of likely N-dealkylation sites (tertiary alicyclic amines) is 1. The van der Waals surface area contributed by atoms with Crippen LogP contribution in [0.2, 0.25) is 0 Å². The first kappa shape index (κ1) is 15.7. The van der Waals surface area contributed by atoms with E-state index in [2.05, 4.69) is 5.10 Å². The van der Waals surface area contributed by atoms with Gasteiger partial charge in [0, 0.05) is 25.7 Å². The number of rotatable bonds is 4. The van der Waals surface area contributed by atoms with Crippen molar-refractivity contribution in [3.8, 4) is 5.69 Å². The maximum absolute atomic E-state index is 13.0. The van der Waals surface area contributed by atoms with Crippen molar-refractivity contribution in [1.82, 2.24) is 14.7 Å². The fourth-order valence-corrected chi connectivity index (χ4v) is 3.12. The minimum atomic E-state index is -0.245. The number of carbonyl (C=O) groups is 1. The number of halogens is 1. The molecule has 1 aromatic carbocycles. The molecule has 0 saturated carbocycles. The normalized spacial score (nSPS) is 15.8. The topological polar surface area (TPSA) is 38.1 Å². The SMILES string of the molecule is CCCC(=O)N1CCC(c2cnn(-c3ccc(F)cc3)c2)CC1. The molecule has 5 heteroatoms. The summed E-state index contributed by atoms with van der Waals surface area (Å²) in [5, 5.41) is 4.39. The third-order valence-corrected chi connectivity index (χ3v) is 4.48. The van der Waals surface area contributed by atoms with Gasteiger partial charge in [-0.05, 0) is 55.0 Å². The van der Waals surface area contributed by atoms with Gasteiger partial charge in [0.25, 0.3) is 0 Å². The van der Waals surface area contributed by atoms with Crippen molar-refractivity contribution in [1.29, 1.82) is 0 Å². The maximum atomic E-state index is 13.0. The van der Waals surface area contributed by atoms with E-state index in [1.54, 1.807) is 16.8 Å². The molecule has 3 rings (SSSR count). The number of hydrogen-bond acceptors (Lipinski definition) is 2. The first-order valence-electron chi connectivity index (χ1n) is 8.25. The molecular weight excluding hydrogens is 293 g/mol. The minimum absolute atomic E-state index is 0.245. The highest BCUT2D eigenvalue weighted by molar-refractivity contribution is 5.76. The summed E-state index contributed by atoms with van der Waals surface area (Å²) in [4.78, 5) is 13.9. The molecule has 1 aliphatic heterocycles. The molecule has 0 bridgehead atoms. The molecule has 1 aromatic heterocycles. The third-order valence-electron chi connectivity index (χ3n) is 4.48. The average molecular weight is 315 g/mol. The first-order valence-corrected chi connectivity index (χ1v) is 8.25. The molecule has 2 heterocycles. The van der Waals surface area contributed by atoms with Crippen molar-refractivity contribution in [2.45, 2.75) is 38.5 Å². The number of carbonyl (C=O) groups excluding carboxylic acids is 1. The predicted octanol–water partition coefficient (Wildman–Crippen LogP) is 3.52. The van der Waals surface area contributed by atoms with E-state index in [0.29, 0.717) is 12.3 Å². The van der Waals surface area contributed by atoms with Crippen LogP contribution in [0.25, 0.3) is 5.69 Å². The van der Waals surface area contributed by atoms with E-state index >= 15 is 0 Å². The molecule has 0 unspecified atom stereocenters. The molecule has 1 aliphatic rings. The quantitative estimate of drug-likeness (QED) is 0.866. The largest absolute Gasteiger partial charge is 0.343 e. The summed E-state index contributed by atoms with van der Waals surface area (Å²) in [6.45, 7) is 3.69. The van der Waals surface area contributed by atoms with E-state index in [0.717, 1.165) is 38.0 Å². The second-order valence-electron chi connectivity index (χ2n) is 6.10. The van der Waals surface area contributed by atoms with Gasteiger partial charge in [-0.1, -0.05) is 6.92 Å². The number of nitrogens with zero attached hydrogens (tertiary/aromatic N) is 3. The summed E-state index contributed by atoms with van der Waals surface area (Å²) < 4.78 is 14.8. The molecule has 0 aliphatic carbocycles. The van der Waals surface area contributed by atoms with Crippen molar-refractivity contribution in [3.05, 3.63) is 48.0 Å². The van der Waals surface area contributed by atoms with Crippen LogP contribution in [0.4, 0.5) is 4.39 Å². The molecule has 23 heavy (non-hydrogen) atoms. The van der Waals surface area contributed by atoms with E-state index in [-0.39, 0.29) is 11.7 Å². The molecule has 0 radical (unpaired) electrons. The zero-order valence-electron chi connectivity index (χ0n) is 13.4. The fourth-order valence-electron chi connectivity index (χ4n) is 3.12. The van der Waals surface area contributed by atoms with Crippen LogP contribution in [0.5, 0.6) is 0 Å². The Kier molecular flexibility index (Phi) is 4.74. The Labute approximate surface area is 135 Å². The van der Waals surface area contributed by atoms with Gasteiger partial charge in [-0.2, -0.15) is 5.10 Å². The van der Waals surface area contributed by atoms with Crippen molar-refractivity contribution in [2.24, 2.45) is 0 Å². The Morgan fingerprint density at radius 1 is 1.26 bits per heavy atom. The summed E-state index contributed by atoms with van der Waals surface area (Å²) in [5.41, 5.74) is 2.05. The van der Waals surface area contributed by atoms with Gasteiger partial charge in [-0.15, -0.1) is 0 Å². The van der Waals surface area contributed by atoms with E-state index in [1.807, 2.05) is 24.2 Å². The summed E-state index contributed by atoms with van der Waals surface area (Å²) in [6.07, 6.45) is 7.41. The zero-order valence-corrected chi connectivity index (χ0v) is 13.4. The summed E-state index contributed by atoms with van der Waals surface area (Å²) in [6, 6.07) is 6.32. The Bertz CT molecular complexity index is 657. The van der Waals surface area contributed by atoms with Crippen LogP contribution in [0.15, 0.2) is 36.7 Å². The van der Waals surface area contributed by atoms with E-state index in [1.165, 1.54) is 17.7 Å². The van der Waals surface area contributed by atoms with Crippen LogP contribution >= 0.6 is 0 Å². The molecule has 2 aromatic rings. The van der Waals surface area contributed by atoms with Gasteiger partial charge in [0.15, 0.2) is 0 Å². The van der Waals surface area contributed by atoms with Gasteiger partial charge >= 0.3 is 0 Å². The fraction of sp³-hybridized carbons (Fsp3) is 0.444. The van der Waals surface area contributed by atoms with E-state index in [9.17, 15) is 9.18 Å². The molecule has 1 saturated heterocycles. The lowest BCUT2D eigenvalue weighted by atomic mass is 9.91. The lowest BCUT2D eigenvalue weighted by Gasteiger charge is -2.31. The van der Waals surface area contributed by atoms with Gasteiger partial charge < -0.3 is 4.90 Å². The Morgan fingerprint density at radius 2 is 1.96 bits per heavy atom. The van der Waals surface area contributed by atoms with Crippen LogP contribution in [-0.4, -0.2) is 33.7 Å². The highest BCUT2D eigenvalue weighted by Crippen LogP contribution is 2.28. The lowest BCUT2D eigenvalue weighted by Crippen LogP contribution is -2.37. The Balaban J connectivity index is 1.63. The van der Waals surface area contributed by atoms with Crippen molar-refractivity contribution >= 4 is 5.91 Å². The molecule has 1 amide bonds. The maximum Gasteiger partial charge on any atom is 0.222 e. The Morgan fingerprint density at radius 3 is 2.61 bits per heavy atom. The number of piperidine rings is 1. The van der Waals surface area contributed by atoms with Gasteiger partial charge in [-0.25, -0.2) is 9.07 Å². The number of benzene rings is 1. The number of aromatic nitrogens is 2.